The molecule has 0 bridgehead atoms. The third-order valence-electron chi connectivity index (χ3n) is 4.81. The van der Waals surface area contributed by atoms with Crippen LogP contribution in [0.4, 0.5) is 10.5 Å². The maximum absolute atomic E-state index is 12.4. The Morgan fingerprint density at radius 2 is 1.59 bits per heavy atom. The number of benzene rings is 3. The van der Waals surface area contributed by atoms with Crippen molar-refractivity contribution in [3.63, 3.8) is 0 Å². The first kappa shape index (κ1) is 24.3. The molecule has 2 amide bonds. The zero-order chi connectivity index (χ0) is 24.3. The summed E-state index contributed by atoms with van der Waals surface area (Å²) in [7, 11) is 1.57. The fourth-order valence-corrected chi connectivity index (χ4v) is 3.14. The van der Waals surface area contributed by atoms with Crippen LogP contribution < -0.4 is 20.1 Å². The second-order valence-corrected chi connectivity index (χ2v) is 7.23. The standard InChI is InChI=1S/C26H26N2O6/c1-3-33-26(31)34-22-14-10-19(11-15-22)25(30)27-17-18-8-12-21(13-9-18)28-24(29)16-20-6-4-5-7-23(20)32-2/h4-15H,3,16-17H2,1-2H3,(H,27,30)(H,28,29). The number of hydrogen-bond acceptors (Lipinski definition) is 6. The Labute approximate surface area is 197 Å². The van der Waals surface area contributed by atoms with Gasteiger partial charge in [-0.3, -0.25) is 9.59 Å². The molecule has 0 atom stereocenters. The predicted octanol–water partition coefficient (Wildman–Crippen LogP) is 4.34. The lowest BCUT2D eigenvalue weighted by Gasteiger charge is -2.10. The number of ether oxygens (including phenoxy) is 3. The van der Waals surface area contributed by atoms with Gasteiger partial charge in [0.2, 0.25) is 5.91 Å². The number of anilines is 1. The summed E-state index contributed by atoms with van der Waals surface area (Å²) in [5.41, 5.74) is 2.77. The van der Waals surface area contributed by atoms with Crippen molar-refractivity contribution in [2.75, 3.05) is 19.0 Å². The van der Waals surface area contributed by atoms with E-state index in [2.05, 4.69) is 10.6 Å². The number of methoxy groups -OCH3 is 1. The normalized spacial score (nSPS) is 10.2. The zero-order valence-corrected chi connectivity index (χ0v) is 19.0. The van der Waals surface area contributed by atoms with E-state index in [-0.39, 0.29) is 24.8 Å². The summed E-state index contributed by atoms with van der Waals surface area (Å²) in [5.74, 6) is 0.543. The van der Waals surface area contributed by atoms with Gasteiger partial charge in [0, 0.05) is 23.4 Å². The third-order valence-corrected chi connectivity index (χ3v) is 4.81. The van der Waals surface area contributed by atoms with Crippen molar-refractivity contribution in [3.8, 4) is 11.5 Å². The van der Waals surface area contributed by atoms with Crippen LogP contribution >= 0.6 is 0 Å². The average molecular weight is 463 g/mol. The highest BCUT2D eigenvalue weighted by atomic mass is 16.7. The molecule has 0 aliphatic heterocycles. The molecule has 176 valence electrons. The van der Waals surface area contributed by atoms with Crippen molar-refractivity contribution >= 4 is 23.7 Å². The van der Waals surface area contributed by atoms with Crippen LogP contribution in [-0.2, 0) is 22.5 Å². The second kappa shape index (κ2) is 12.1. The van der Waals surface area contributed by atoms with Crippen molar-refractivity contribution in [1.29, 1.82) is 0 Å². The third kappa shape index (κ3) is 7.09. The molecule has 8 heteroatoms. The van der Waals surface area contributed by atoms with Crippen LogP contribution in [0.2, 0.25) is 0 Å². The van der Waals surface area contributed by atoms with E-state index in [1.165, 1.54) is 12.1 Å². The molecule has 0 aliphatic carbocycles. The molecule has 3 aromatic carbocycles. The lowest BCUT2D eigenvalue weighted by Crippen LogP contribution is -2.22. The molecular formula is C26H26N2O6. The van der Waals surface area contributed by atoms with E-state index in [9.17, 15) is 14.4 Å². The van der Waals surface area contributed by atoms with Crippen molar-refractivity contribution in [2.45, 2.75) is 19.9 Å². The smallest absolute Gasteiger partial charge is 0.496 e. The van der Waals surface area contributed by atoms with Gasteiger partial charge in [-0.2, -0.15) is 0 Å². The Morgan fingerprint density at radius 3 is 2.26 bits per heavy atom. The average Bonchev–Trinajstić information content (AvgIpc) is 2.84. The summed E-state index contributed by atoms with van der Waals surface area (Å²) >= 11 is 0. The summed E-state index contributed by atoms with van der Waals surface area (Å²) in [5, 5.41) is 5.69. The van der Waals surface area contributed by atoms with E-state index >= 15 is 0 Å². The minimum absolute atomic E-state index is 0.152. The van der Waals surface area contributed by atoms with E-state index in [1.54, 1.807) is 38.3 Å². The van der Waals surface area contributed by atoms with Crippen LogP contribution in [0.25, 0.3) is 0 Å². The molecular weight excluding hydrogens is 436 g/mol. The first-order valence-corrected chi connectivity index (χ1v) is 10.7. The number of amides is 2. The quantitative estimate of drug-likeness (QED) is 0.362. The Hall–Kier alpha value is -4.33. The monoisotopic (exact) mass is 462 g/mol. The number of hydrogen-bond donors (Lipinski definition) is 2. The number of carbonyl (C=O) groups is 3. The van der Waals surface area contributed by atoms with Gasteiger partial charge in [-0.1, -0.05) is 30.3 Å². The topological polar surface area (TPSA) is 103 Å². The van der Waals surface area contributed by atoms with Gasteiger partial charge in [-0.15, -0.1) is 0 Å². The summed E-state index contributed by atoms with van der Waals surface area (Å²) in [4.78, 5) is 36.1. The van der Waals surface area contributed by atoms with Gasteiger partial charge in [-0.05, 0) is 55.0 Å². The van der Waals surface area contributed by atoms with Crippen molar-refractivity contribution in [3.05, 3.63) is 89.5 Å². The van der Waals surface area contributed by atoms with Crippen molar-refractivity contribution in [2.24, 2.45) is 0 Å². The van der Waals surface area contributed by atoms with E-state index in [0.29, 0.717) is 29.3 Å². The van der Waals surface area contributed by atoms with Gasteiger partial charge >= 0.3 is 6.16 Å². The SMILES string of the molecule is CCOC(=O)Oc1ccc(C(=O)NCc2ccc(NC(=O)Cc3ccccc3OC)cc2)cc1. The molecule has 0 unspecified atom stereocenters. The predicted molar refractivity (Wildman–Crippen MR) is 127 cm³/mol. The summed E-state index contributed by atoms with van der Waals surface area (Å²) in [6.45, 7) is 2.22. The minimum Gasteiger partial charge on any atom is -0.496 e. The molecule has 0 aliphatic rings. The van der Waals surface area contributed by atoms with Gasteiger partial charge < -0.3 is 24.8 Å². The Bertz CT molecular complexity index is 1130. The molecule has 3 aromatic rings. The molecule has 0 spiro atoms. The van der Waals surface area contributed by atoms with Gasteiger partial charge in [0.25, 0.3) is 5.91 Å². The molecule has 3 rings (SSSR count). The van der Waals surface area contributed by atoms with Gasteiger partial charge in [0.1, 0.15) is 11.5 Å². The Morgan fingerprint density at radius 1 is 0.882 bits per heavy atom. The first-order valence-electron chi connectivity index (χ1n) is 10.7. The van der Waals surface area contributed by atoms with Gasteiger partial charge in [-0.25, -0.2) is 4.79 Å². The van der Waals surface area contributed by atoms with Crippen LogP contribution in [0.5, 0.6) is 11.5 Å². The largest absolute Gasteiger partial charge is 0.513 e. The minimum atomic E-state index is -0.792. The van der Waals surface area contributed by atoms with Crippen LogP contribution in [-0.4, -0.2) is 31.7 Å². The molecule has 0 aromatic heterocycles. The summed E-state index contributed by atoms with van der Waals surface area (Å²) < 4.78 is 15.0. The molecule has 0 heterocycles. The number of para-hydroxylation sites is 1. The zero-order valence-electron chi connectivity index (χ0n) is 19.0. The van der Waals surface area contributed by atoms with E-state index < -0.39 is 6.16 Å². The lowest BCUT2D eigenvalue weighted by molar-refractivity contribution is -0.115. The maximum atomic E-state index is 12.4. The number of carbonyl (C=O) groups excluding carboxylic acids is 3. The van der Waals surface area contributed by atoms with Crippen LogP contribution in [0.15, 0.2) is 72.8 Å². The highest BCUT2D eigenvalue weighted by Crippen LogP contribution is 2.19. The molecule has 0 saturated heterocycles. The highest BCUT2D eigenvalue weighted by Gasteiger charge is 2.10. The summed E-state index contributed by atoms with van der Waals surface area (Å²) in [6.07, 6.45) is -0.593. The molecule has 0 saturated carbocycles. The fraction of sp³-hybridized carbons (Fsp3) is 0.192. The fourth-order valence-electron chi connectivity index (χ4n) is 3.14. The molecule has 2 N–H and O–H groups in total. The second-order valence-electron chi connectivity index (χ2n) is 7.23. The Balaban J connectivity index is 1.48. The maximum Gasteiger partial charge on any atom is 0.513 e. The first-order chi connectivity index (χ1) is 16.5. The molecule has 0 radical (unpaired) electrons. The van der Waals surface area contributed by atoms with Crippen molar-refractivity contribution < 1.29 is 28.6 Å². The molecule has 34 heavy (non-hydrogen) atoms. The van der Waals surface area contributed by atoms with E-state index in [4.69, 9.17) is 14.2 Å². The van der Waals surface area contributed by atoms with E-state index in [0.717, 1.165) is 11.1 Å². The highest BCUT2D eigenvalue weighted by molar-refractivity contribution is 5.94. The Kier molecular flexibility index (Phi) is 8.62. The number of nitrogens with one attached hydrogen (secondary N) is 2. The van der Waals surface area contributed by atoms with Gasteiger partial charge in [0.15, 0.2) is 0 Å². The van der Waals surface area contributed by atoms with Crippen molar-refractivity contribution in [1.82, 2.24) is 5.32 Å². The molecule has 0 fully saturated rings. The van der Waals surface area contributed by atoms with Crippen LogP contribution in [0, 0.1) is 0 Å². The van der Waals surface area contributed by atoms with Crippen LogP contribution in [0.3, 0.4) is 0 Å². The van der Waals surface area contributed by atoms with Gasteiger partial charge in [0.05, 0.1) is 20.1 Å². The summed E-state index contributed by atoms with van der Waals surface area (Å²) in [6, 6.07) is 20.8. The number of rotatable bonds is 9. The lowest BCUT2D eigenvalue weighted by atomic mass is 10.1. The molecule has 8 nitrogen and oxygen atoms in total. The van der Waals surface area contributed by atoms with E-state index in [1.807, 2.05) is 36.4 Å². The van der Waals surface area contributed by atoms with Crippen LogP contribution in [0.1, 0.15) is 28.4 Å².